The van der Waals surface area contributed by atoms with Crippen molar-refractivity contribution in [2.24, 2.45) is 5.84 Å². The smallest absolute Gasteiger partial charge is 0.257 e. The number of nitrogens with two attached hydrogens (primary N) is 1. The number of rotatable bonds is 3. The molecule has 1 aliphatic rings. The third kappa shape index (κ3) is 3.21. The van der Waals surface area contributed by atoms with E-state index in [1.165, 1.54) is 0 Å². The number of nitrogens with one attached hydrogen (secondary N) is 1. The predicted octanol–water partition coefficient (Wildman–Crippen LogP) is -0.0370. The molecular formula is C11H15BrN4O3. The number of aliphatic hydroxyl groups is 1. The molecule has 1 aromatic heterocycles. The van der Waals surface area contributed by atoms with Crippen LogP contribution in [0.15, 0.2) is 16.7 Å². The maximum atomic E-state index is 12.4. The summed E-state index contributed by atoms with van der Waals surface area (Å²) in [6, 6.07) is 1.66. The highest BCUT2D eigenvalue weighted by Crippen LogP contribution is 2.20. The fourth-order valence-corrected chi connectivity index (χ4v) is 2.23. The zero-order valence-electron chi connectivity index (χ0n) is 10.2. The molecule has 0 spiro atoms. The van der Waals surface area contributed by atoms with Crippen molar-refractivity contribution in [3.8, 4) is 0 Å². The van der Waals surface area contributed by atoms with E-state index in [2.05, 4.69) is 26.3 Å². The third-order valence-electron chi connectivity index (χ3n) is 2.85. The van der Waals surface area contributed by atoms with Crippen molar-refractivity contribution in [3.63, 3.8) is 0 Å². The number of halogens is 1. The minimum absolute atomic E-state index is 0.109. The molecule has 1 unspecified atom stereocenters. The fraction of sp³-hybridized carbons (Fsp3) is 0.455. The van der Waals surface area contributed by atoms with Crippen molar-refractivity contribution in [2.75, 3.05) is 31.7 Å². The largest absolute Gasteiger partial charge is 0.394 e. The first-order valence-corrected chi connectivity index (χ1v) is 6.59. The topological polar surface area (TPSA) is 101 Å². The van der Waals surface area contributed by atoms with Crippen LogP contribution in [0.25, 0.3) is 0 Å². The molecule has 1 fully saturated rings. The molecule has 4 N–H and O–H groups in total. The van der Waals surface area contributed by atoms with Crippen molar-refractivity contribution in [1.29, 1.82) is 0 Å². The van der Waals surface area contributed by atoms with Gasteiger partial charge in [0.25, 0.3) is 5.91 Å². The summed E-state index contributed by atoms with van der Waals surface area (Å²) in [5.41, 5.74) is 2.79. The zero-order chi connectivity index (χ0) is 13.8. The lowest BCUT2D eigenvalue weighted by atomic mass is 10.2. The number of carbonyl (C=O) groups is 1. The Morgan fingerprint density at radius 1 is 1.74 bits per heavy atom. The summed E-state index contributed by atoms with van der Waals surface area (Å²) in [6.45, 7) is 1.13. The molecule has 1 saturated heterocycles. The highest BCUT2D eigenvalue weighted by molar-refractivity contribution is 9.10. The quantitative estimate of drug-likeness (QED) is 0.531. The number of ether oxygens (including phenoxy) is 1. The molecule has 0 bridgehead atoms. The van der Waals surface area contributed by atoms with Crippen molar-refractivity contribution >= 4 is 27.7 Å². The second-order valence-corrected chi connectivity index (χ2v) is 5.04. The van der Waals surface area contributed by atoms with Crippen LogP contribution in [0.4, 0.5) is 5.82 Å². The summed E-state index contributed by atoms with van der Waals surface area (Å²) in [6.07, 6.45) is 1.22. The molecule has 104 valence electrons. The monoisotopic (exact) mass is 330 g/mol. The number of carbonyl (C=O) groups excluding carboxylic acids is 1. The van der Waals surface area contributed by atoms with Gasteiger partial charge in [-0.3, -0.25) is 4.79 Å². The summed E-state index contributed by atoms with van der Waals surface area (Å²) in [7, 11) is 0. The van der Waals surface area contributed by atoms with Crippen LogP contribution in [0.5, 0.6) is 0 Å². The lowest BCUT2D eigenvalue weighted by Crippen LogP contribution is -2.47. The standard InChI is InChI=1S/C11H15BrN4O3/c12-7-3-9(10(15-13)14-4-7)11(18)16-1-2-19-8(5-16)6-17/h3-4,8,17H,1-2,5-6,13H2,(H,14,15). The average Bonchev–Trinajstić information content (AvgIpc) is 2.46. The minimum atomic E-state index is -0.341. The van der Waals surface area contributed by atoms with E-state index in [9.17, 15) is 4.79 Å². The van der Waals surface area contributed by atoms with E-state index in [-0.39, 0.29) is 18.6 Å². The highest BCUT2D eigenvalue weighted by Gasteiger charge is 2.26. The Morgan fingerprint density at radius 2 is 2.53 bits per heavy atom. The van der Waals surface area contributed by atoms with E-state index in [1.807, 2.05) is 0 Å². The molecular weight excluding hydrogens is 316 g/mol. The SMILES string of the molecule is NNc1ncc(Br)cc1C(=O)N1CCOC(CO)C1. The van der Waals surface area contributed by atoms with E-state index in [0.29, 0.717) is 35.6 Å². The second kappa shape index (κ2) is 6.29. The van der Waals surface area contributed by atoms with Crippen LogP contribution in [0.1, 0.15) is 10.4 Å². The van der Waals surface area contributed by atoms with Crippen LogP contribution in [0, 0.1) is 0 Å². The summed E-state index contributed by atoms with van der Waals surface area (Å²) in [4.78, 5) is 18.1. The number of anilines is 1. The van der Waals surface area contributed by atoms with E-state index in [1.54, 1.807) is 17.2 Å². The van der Waals surface area contributed by atoms with Gasteiger partial charge in [-0.25, -0.2) is 10.8 Å². The van der Waals surface area contributed by atoms with Gasteiger partial charge >= 0.3 is 0 Å². The van der Waals surface area contributed by atoms with Crippen molar-refractivity contribution in [1.82, 2.24) is 9.88 Å². The number of aliphatic hydroxyl groups excluding tert-OH is 1. The van der Waals surface area contributed by atoms with Gasteiger partial charge < -0.3 is 20.2 Å². The normalized spacial score (nSPS) is 19.3. The third-order valence-corrected chi connectivity index (χ3v) is 3.28. The van der Waals surface area contributed by atoms with Crippen LogP contribution < -0.4 is 11.3 Å². The van der Waals surface area contributed by atoms with E-state index in [4.69, 9.17) is 15.7 Å². The maximum Gasteiger partial charge on any atom is 0.257 e. The molecule has 7 nitrogen and oxygen atoms in total. The van der Waals surface area contributed by atoms with E-state index < -0.39 is 0 Å². The average molecular weight is 331 g/mol. The van der Waals surface area contributed by atoms with Gasteiger partial charge in [-0.2, -0.15) is 0 Å². The Balaban J connectivity index is 2.21. The molecule has 1 aliphatic heterocycles. The summed E-state index contributed by atoms with van der Waals surface area (Å²) in [5.74, 6) is 5.49. The van der Waals surface area contributed by atoms with Crippen LogP contribution >= 0.6 is 15.9 Å². The number of amides is 1. The zero-order valence-corrected chi connectivity index (χ0v) is 11.8. The van der Waals surface area contributed by atoms with Gasteiger partial charge in [-0.05, 0) is 22.0 Å². The molecule has 1 aromatic rings. The minimum Gasteiger partial charge on any atom is -0.394 e. The molecule has 1 amide bonds. The maximum absolute atomic E-state index is 12.4. The number of hydrogen-bond donors (Lipinski definition) is 3. The van der Waals surface area contributed by atoms with Crippen LogP contribution in [-0.2, 0) is 4.74 Å². The fourth-order valence-electron chi connectivity index (χ4n) is 1.90. The van der Waals surface area contributed by atoms with Crippen LogP contribution in [0.3, 0.4) is 0 Å². The van der Waals surface area contributed by atoms with Gasteiger partial charge in [-0.15, -0.1) is 0 Å². The molecule has 0 saturated carbocycles. The van der Waals surface area contributed by atoms with Gasteiger partial charge in [0.1, 0.15) is 0 Å². The molecule has 0 radical (unpaired) electrons. The molecule has 1 atom stereocenters. The lowest BCUT2D eigenvalue weighted by molar-refractivity contribution is -0.0447. The Labute approximate surface area is 118 Å². The Morgan fingerprint density at radius 3 is 3.21 bits per heavy atom. The number of aromatic nitrogens is 1. The van der Waals surface area contributed by atoms with E-state index in [0.717, 1.165) is 0 Å². The number of nitrogen functional groups attached to an aromatic ring is 1. The molecule has 2 heterocycles. The number of nitrogens with zero attached hydrogens (tertiary/aromatic N) is 2. The van der Waals surface area contributed by atoms with Gasteiger partial charge in [0.15, 0.2) is 5.82 Å². The number of pyridine rings is 1. The molecule has 2 rings (SSSR count). The van der Waals surface area contributed by atoms with Crippen molar-refractivity contribution in [3.05, 3.63) is 22.3 Å². The second-order valence-electron chi connectivity index (χ2n) is 4.12. The first kappa shape index (κ1) is 14.2. The Kier molecular flexibility index (Phi) is 4.70. The van der Waals surface area contributed by atoms with Crippen molar-refractivity contribution < 1.29 is 14.6 Å². The number of morpholine rings is 1. The molecule has 0 aromatic carbocycles. The van der Waals surface area contributed by atoms with Crippen LogP contribution in [0.2, 0.25) is 0 Å². The predicted molar refractivity (Wildman–Crippen MR) is 72.5 cm³/mol. The van der Waals surface area contributed by atoms with Gasteiger partial charge in [0, 0.05) is 23.8 Å². The summed E-state index contributed by atoms with van der Waals surface area (Å²) >= 11 is 3.28. The van der Waals surface area contributed by atoms with Gasteiger partial charge in [0.2, 0.25) is 0 Å². The number of hydrazine groups is 1. The first-order valence-electron chi connectivity index (χ1n) is 5.79. The van der Waals surface area contributed by atoms with Gasteiger partial charge in [-0.1, -0.05) is 0 Å². The molecule has 0 aliphatic carbocycles. The molecule has 8 heteroatoms. The molecule has 19 heavy (non-hydrogen) atoms. The highest BCUT2D eigenvalue weighted by atomic mass is 79.9. The Hall–Kier alpha value is -1.22. The summed E-state index contributed by atoms with van der Waals surface area (Å²) < 4.78 is 6.01. The lowest BCUT2D eigenvalue weighted by Gasteiger charge is -2.32. The van der Waals surface area contributed by atoms with Crippen molar-refractivity contribution in [2.45, 2.75) is 6.10 Å². The Bertz CT molecular complexity index is 471. The van der Waals surface area contributed by atoms with Crippen LogP contribution in [-0.4, -0.2) is 53.3 Å². The summed E-state index contributed by atoms with van der Waals surface area (Å²) in [5, 5.41) is 9.09. The first-order chi connectivity index (χ1) is 9.15. The van der Waals surface area contributed by atoms with E-state index >= 15 is 0 Å². The van der Waals surface area contributed by atoms with Gasteiger partial charge in [0.05, 0.1) is 24.9 Å². The number of hydrogen-bond acceptors (Lipinski definition) is 6.